The van der Waals surface area contributed by atoms with E-state index < -0.39 is 0 Å². The number of likely N-dealkylation sites (N-methyl/N-ethyl adjacent to an activating group) is 1. The highest BCUT2D eigenvalue weighted by atomic mass is 16.1. The van der Waals surface area contributed by atoms with Gasteiger partial charge in [0, 0.05) is 13.0 Å². The number of carbonyl (C=O) groups excluding carboxylic acids is 1. The van der Waals surface area contributed by atoms with Gasteiger partial charge in [0.15, 0.2) is 5.78 Å². The van der Waals surface area contributed by atoms with Gasteiger partial charge >= 0.3 is 0 Å². The van der Waals surface area contributed by atoms with Crippen molar-refractivity contribution >= 4 is 5.78 Å². The first-order valence-electron chi connectivity index (χ1n) is 8.03. The Bertz CT molecular complexity index is 623. The third-order valence-electron chi connectivity index (χ3n) is 4.93. The van der Waals surface area contributed by atoms with Crippen LogP contribution >= 0.6 is 0 Å². The molecule has 0 spiro atoms. The van der Waals surface area contributed by atoms with Gasteiger partial charge in [-0.15, -0.1) is 0 Å². The summed E-state index contributed by atoms with van der Waals surface area (Å²) in [5.74, 6) is 0.395. The lowest BCUT2D eigenvalue weighted by molar-refractivity contribution is -0.140. The first kappa shape index (κ1) is 15.0. The van der Waals surface area contributed by atoms with Gasteiger partial charge in [0.1, 0.15) is 0 Å². The van der Waals surface area contributed by atoms with E-state index in [0.29, 0.717) is 5.78 Å². The second-order valence-corrected chi connectivity index (χ2v) is 6.27. The van der Waals surface area contributed by atoms with Crippen molar-refractivity contribution in [1.29, 1.82) is 0 Å². The average molecular weight is 293 g/mol. The van der Waals surface area contributed by atoms with Gasteiger partial charge < -0.3 is 0 Å². The summed E-state index contributed by atoms with van der Waals surface area (Å²) in [6, 6.07) is 20.9. The van der Waals surface area contributed by atoms with Crippen molar-refractivity contribution in [3.63, 3.8) is 0 Å². The number of nitrogens with zero attached hydrogens (tertiary/aromatic N) is 1. The van der Waals surface area contributed by atoms with Gasteiger partial charge in [-0.3, -0.25) is 9.69 Å². The minimum atomic E-state index is -0.282. The molecule has 1 saturated carbocycles. The van der Waals surface area contributed by atoms with Crippen LogP contribution in [0.25, 0.3) is 0 Å². The van der Waals surface area contributed by atoms with E-state index >= 15 is 0 Å². The fourth-order valence-electron chi connectivity index (χ4n) is 3.33. The molecule has 0 aromatic heterocycles. The van der Waals surface area contributed by atoms with Crippen molar-refractivity contribution in [1.82, 2.24) is 4.90 Å². The predicted octanol–water partition coefficient (Wildman–Crippen LogP) is 3.51. The van der Waals surface area contributed by atoms with Gasteiger partial charge in [0.25, 0.3) is 0 Å². The number of hydrogen-bond donors (Lipinski definition) is 0. The van der Waals surface area contributed by atoms with E-state index in [1.54, 1.807) is 0 Å². The standard InChI is InChI=1S/C20H23NO/c1-21(15-13-17-8-4-2-5-9-17)20(14-12-19(20)22)16-18-10-6-3-7-11-18/h2-11H,12-16H2,1H3. The molecular formula is C20H23NO. The number of Topliss-reactive ketones (excluding diaryl/α,β-unsaturated/α-hetero) is 1. The maximum atomic E-state index is 12.4. The quantitative estimate of drug-likeness (QED) is 0.812. The minimum Gasteiger partial charge on any atom is -0.298 e. The Labute approximate surface area is 132 Å². The molecule has 0 heterocycles. The predicted molar refractivity (Wildman–Crippen MR) is 89.9 cm³/mol. The maximum Gasteiger partial charge on any atom is 0.153 e. The molecule has 3 rings (SSSR count). The van der Waals surface area contributed by atoms with E-state index in [1.807, 2.05) is 12.1 Å². The van der Waals surface area contributed by atoms with Crippen LogP contribution < -0.4 is 0 Å². The molecule has 2 aromatic rings. The Kier molecular flexibility index (Phi) is 4.39. The molecule has 0 bridgehead atoms. The molecule has 0 N–H and O–H groups in total. The number of rotatable bonds is 6. The molecule has 0 radical (unpaired) electrons. The molecule has 1 aliphatic carbocycles. The summed E-state index contributed by atoms with van der Waals surface area (Å²) in [6.07, 6.45) is 3.52. The van der Waals surface area contributed by atoms with Gasteiger partial charge in [-0.2, -0.15) is 0 Å². The SMILES string of the molecule is CN(CCc1ccccc1)C1(Cc2ccccc2)CCC1=O. The molecule has 2 nitrogen and oxygen atoms in total. The van der Waals surface area contributed by atoms with E-state index in [4.69, 9.17) is 0 Å². The van der Waals surface area contributed by atoms with Crippen molar-refractivity contribution in [3.8, 4) is 0 Å². The van der Waals surface area contributed by atoms with Crippen LogP contribution in [0.3, 0.4) is 0 Å². The Hall–Kier alpha value is -1.93. The lowest BCUT2D eigenvalue weighted by Gasteiger charge is -2.47. The van der Waals surface area contributed by atoms with Crippen LogP contribution in [0.4, 0.5) is 0 Å². The fourth-order valence-corrected chi connectivity index (χ4v) is 3.33. The van der Waals surface area contributed by atoms with Gasteiger partial charge in [-0.05, 0) is 37.4 Å². The zero-order valence-electron chi connectivity index (χ0n) is 13.2. The van der Waals surface area contributed by atoms with E-state index in [1.165, 1.54) is 11.1 Å². The first-order chi connectivity index (χ1) is 10.7. The smallest absolute Gasteiger partial charge is 0.153 e. The van der Waals surface area contributed by atoms with Crippen molar-refractivity contribution < 1.29 is 4.79 Å². The Morgan fingerprint density at radius 1 is 0.955 bits per heavy atom. The number of hydrogen-bond acceptors (Lipinski definition) is 2. The summed E-state index contributed by atoms with van der Waals surface area (Å²) >= 11 is 0. The molecule has 1 aliphatic rings. The van der Waals surface area contributed by atoms with Crippen LogP contribution in [0.5, 0.6) is 0 Å². The second-order valence-electron chi connectivity index (χ2n) is 6.27. The van der Waals surface area contributed by atoms with Crippen molar-refractivity contribution in [3.05, 3.63) is 71.8 Å². The molecular weight excluding hydrogens is 270 g/mol. The van der Waals surface area contributed by atoms with Gasteiger partial charge in [0.2, 0.25) is 0 Å². The maximum absolute atomic E-state index is 12.4. The van der Waals surface area contributed by atoms with Crippen LogP contribution in [0.2, 0.25) is 0 Å². The molecule has 0 aliphatic heterocycles. The highest BCUT2D eigenvalue weighted by Gasteiger charge is 2.48. The van der Waals surface area contributed by atoms with Crippen molar-refractivity contribution in [2.45, 2.75) is 31.2 Å². The van der Waals surface area contributed by atoms with E-state index in [9.17, 15) is 4.79 Å². The number of ketones is 1. The van der Waals surface area contributed by atoms with E-state index in [0.717, 1.165) is 32.2 Å². The van der Waals surface area contributed by atoms with Crippen molar-refractivity contribution in [2.24, 2.45) is 0 Å². The molecule has 2 aromatic carbocycles. The zero-order chi connectivity index (χ0) is 15.4. The molecule has 0 saturated heterocycles. The van der Waals surface area contributed by atoms with Gasteiger partial charge in [-0.1, -0.05) is 60.7 Å². The summed E-state index contributed by atoms with van der Waals surface area (Å²) in [7, 11) is 2.10. The molecule has 22 heavy (non-hydrogen) atoms. The van der Waals surface area contributed by atoms with Gasteiger partial charge in [0.05, 0.1) is 5.54 Å². The summed E-state index contributed by atoms with van der Waals surface area (Å²) in [6.45, 7) is 0.919. The van der Waals surface area contributed by atoms with E-state index in [-0.39, 0.29) is 5.54 Å². The summed E-state index contributed by atoms with van der Waals surface area (Å²) in [5, 5.41) is 0. The highest BCUT2D eigenvalue weighted by molar-refractivity contribution is 5.94. The molecule has 1 atom stereocenters. The zero-order valence-corrected chi connectivity index (χ0v) is 13.2. The molecule has 0 amide bonds. The molecule has 1 unspecified atom stereocenters. The summed E-state index contributed by atoms with van der Waals surface area (Å²) in [4.78, 5) is 14.6. The van der Waals surface area contributed by atoms with E-state index in [2.05, 4.69) is 60.5 Å². The topological polar surface area (TPSA) is 20.3 Å². The van der Waals surface area contributed by atoms with Crippen LogP contribution in [0.1, 0.15) is 24.0 Å². The summed E-state index contributed by atoms with van der Waals surface area (Å²) in [5.41, 5.74) is 2.30. The molecule has 1 fully saturated rings. The largest absolute Gasteiger partial charge is 0.298 e. The number of carbonyl (C=O) groups is 1. The Morgan fingerprint density at radius 2 is 1.55 bits per heavy atom. The molecule has 2 heteroatoms. The van der Waals surface area contributed by atoms with Crippen LogP contribution in [0, 0.1) is 0 Å². The van der Waals surface area contributed by atoms with Crippen LogP contribution in [-0.2, 0) is 17.6 Å². The third-order valence-corrected chi connectivity index (χ3v) is 4.93. The van der Waals surface area contributed by atoms with Crippen LogP contribution in [0.15, 0.2) is 60.7 Å². The minimum absolute atomic E-state index is 0.282. The van der Waals surface area contributed by atoms with Crippen LogP contribution in [-0.4, -0.2) is 29.8 Å². The lowest BCUT2D eigenvalue weighted by atomic mass is 9.70. The number of benzene rings is 2. The van der Waals surface area contributed by atoms with Gasteiger partial charge in [-0.25, -0.2) is 0 Å². The average Bonchev–Trinajstić information content (AvgIpc) is 2.58. The third kappa shape index (κ3) is 2.97. The fraction of sp³-hybridized carbons (Fsp3) is 0.350. The normalized spacial score (nSPS) is 20.9. The van der Waals surface area contributed by atoms with Crippen molar-refractivity contribution in [2.75, 3.05) is 13.6 Å². The lowest BCUT2D eigenvalue weighted by Crippen LogP contribution is -2.61. The Morgan fingerprint density at radius 3 is 2.05 bits per heavy atom. The Balaban J connectivity index is 1.69. The summed E-state index contributed by atoms with van der Waals surface area (Å²) < 4.78 is 0. The molecule has 114 valence electrons. The first-order valence-corrected chi connectivity index (χ1v) is 8.03. The monoisotopic (exact) mass is 293 g/mol. The highest BCUT2D eigenvalue weighted by Crippen LogP contribution is 2.36. The second kappa shape index (κ2) is 6.45.